The van der Waals surface area contributed by atoms with E-state index in [1.54, 1.807) is 12.1 Å². The topological polar surface area (TPSA) is 50.7 Å². The second-order valence-electron chi connectivity index (χ2n) is 6.51. The van der Waals surface area contributed by atoms with Crippen molar-refractivity contribution >= 4 is 57.0 Å². The summed E-state index contributed by atoms with van der Waals surface area (Å²) in [6, 6.07) is 19.2. The van der Waals surface area contributed by atoms with Gasteiger partial charge in [0.1, 0.15) is 5.75 Å². The first-order valence-electron chi connectivity index (χ1n) is 9.34. The molecule has 0 aromatic heterocycles. The molecule has 0 spiro atoms. The summed E-state index contributed by atoms with van der Waals surface area (Å²) >= 11 is 7.23. The van der Waals surface area contributed by atoms with Gasteiger partial charge in [0.05, 0.1) is 17.2 Å². The molecule has 4 nitrogen and oxygen atoms in total. The van der Waals surface area contributed by atoms with E-state index in [9.17, 15) is 4.79 Å². The number of hydrogen-bond donors (Lipinski definition) is 1. The van der Waals surface area contributed by atoms with Crippen LogP contribution in [0.5, 0.6) is 5.75 Å². The van der Waals surface area contributed by atoms with Crippen molar-refractivity contribution in [2.75, 3.05) is 6.61 Å². The zero-order valence-electron chi connectivity index (χ0n) is 15.8. The number of carbonyl (C=O) groups is 1. The molecule has 1 heterocycles. The Kier molecular flexibility index (Phi) is 5.88. The summed E-state index contributed by atoms with van der Waals surface area (Å²) in [7, 11) is 0. The minimum Gasteiger partial charge on any atom is -0.493 e. The standard InChI is InChI=1S/C23H19ClN2O2S/c1-2-13-28-20-12-7-15-5-3-4-6-18(15)19(20)14-21-22(27)26-23(29-21)25-17-10-8-16(24)9-11-17/h3-12,14H,2,13H2,1H3,(H,25,26,27)/b21-14-. The lowest BCUT2D eigenvalue weighted by Gasteiger charge is -2.11. The van der Waals surface area contributed by atoms with Crippen molar-refractivity contribution in [1.82, 2.24) is 5.32 Å². The zero-order chi connectivity index (χ0) is 20.2. The Hall–Kier alpha value is -2.76. The van der Waals surface area contributed by atoms with Crippen LogP contribution in [0.2, 0.25) is 5.02 Å². The molecule has 0 radical (unpaired) electrons. The van der Waals surface area contributed by atoms with E-state index in [0.717, 1.165) is 34.2 Å². The number of carbonyl (C=O) groups excluding carboxylic acids is 1. The number of nitrogens with one attached hydrogen (secondary N) is 1. The van der Waals surface area contributed by atoms with Gasteiger partial charge in [0.2, 0.25) is 0 Å². The van der Waals surface area contributed by atoms with Crippen LogP contribution in [0.1, 0.15) is 18.9 Å². The van der Waals surface area contributed by atoms with Gasteiger partial charge in [-0.15, -0.1) is 0 Å². The van der Waals surface area contributed by atoms with E-state index in [4.69, 9.17) is 16.3 Å². The van der Waals surface area contributed by atoms with Crippen molar-refractivity contribution in [2.45, 2.75) is 13.3 Å². The largest absolute Gasteiger partial charge is 0.493 e. The molecule has 1 amide bonds. The maximum absolute atomic E-state index is 12.6. The number of halogens is 1. The number of ether oxygens (including phenoxy) is 1. The molecule has 1 aliphatic heterocycles. The molecule has 146 valence electrons. The molecule has 0 unspecified atom stereocenters. The predicted molar refractivity (Wildman–Crippen MR) is 122 cm³/mol. The molecular weight excluding hydrogens is 404 g/mol. The van der Waals surface area contributed by atoms with Gasteiger partial charge in [-0.25, -0.2) is 4.99 Å². The number of benzene rings is 3. The highest BCUT2D eigenvalue weighted by atomic mass is 35.5. The number of hydrogen-bond acceptors (Lipinski definition) is 4. The van der Waals surface area contributed by atoms with E-state index in [0.29, 0.717) is 21.7 Å². The minimum absolute atomic E-state index is 0.169. The maximum atomic E-state index is 12.6. The number of aliphatic imine (C=N–C) groups is 1. The lowest BCUT2D eigenvalue weighted by molar-refractivity contribution is -0.115. The number of thioether (sulfide) groups is 1. The maximum Gasteiger partial charge on any atom is 0.264 e. The predicted octanol–water partition coefficient (Wildman–Crippen LogP) is 6.17. The quantitative estimate of drug-likeness (QED) is 0.500. The van der Waals surface area contributed by atoms with Crippen molar-refractivity contribution in [3.05, 3.63) is 76.2 Å². The summed E-state index contributed by atoms with van der Waals surface area (Å²) < 4.78 is 5.95. The molecule has 0 atom stereocenters. The molecule has 0 aliphatic carbocycles. The number of nitrogens with zero attached hydrogens (tertiary/aromatic N) is 1. The van der Waals surface area contributed by atoms with Gasteiger partial charge in [0, 0.05) is 10.6 Å². The second kappa shape index (κ2) is 8.72. The van der Waals surface area contributed by atoms with Gasteiger partial charge in [0.25, 0.3) is 5.91 Å². The van der Waals surface area contributed by atoms with E-state index in [2.05, 4.69) is 23.3 Å². The monoisotopic (exact) mass is 422 g/mol. The van der Waals surface area contributed by atoms with E-state index < -0.39 is 0 Å². The first-order chi connectivity index (χ1) is 14.1. The molecule has 0 saturated carbocycles. The molecular formula is C23H19ClN2O2S. The van der Waals surface area contributed by atoms with Crippen LogP contribution in [0.3, 0.4) is 0 Å². The first kappa shape index (κ1) is 19.6. The molecule has 3 aromatic carbocycles. The van der Waals surface area contributed by atoms with Crippen LogP contribution in [-0.2, 0) is 4.79 Å². The van der Waals surface area contributed by atoms with Crippen LogP contribution < -0.4 is 10.1 Å². The molecule has 29 heavy (non-hydrogen) atoms. The van der Waals surface area contributed by atoms with Gasteiger partial charge < -0.3 is 10.1 Å². The van der Waals surface area contributed by atoms with Crippen LogP contribution >= 0.6 is 23.4 Å². The Morgan fingerprint density at radius 3 is 2.69 bits per heavy atom. The molecule has 1 N–H and O–H groups in total. The third kappa shape index (κ3) is 4.47. The van der Waals surface area contributed by atoms with Crippen molar-refractivity contribution in [3.8, 4) is 5.75 Å². The first-order valence-corrected chi connectivity index (χ1v) is 10.5. The summed E-state index contributed by atoms with van der Waals surface area (Å²) in [4.78, 5) is 17.6. The average molecular weight is 423 g/mol. The van der Waals surface area contributed by atoms with Crippen LogP contribution in [-0.4, -0.2) is 17.7 Å². The Bertz CT molecular complexity index is 1120. The molecule has 1 saturated heterocycles. The van der Waals surface area contributed by atoms with E-state index in [1.165, 1.54) is 11.8 Å². The zero-order valence-corrected chi connectivity index (χ0v) is 17.4. The number of rotatable bonds is 5. The van der Waals surface area contributed by atoms with Crippen LogP contribution in [0, 0.1) is 0 Å². The van der Waals surface area contributed by atoms with Gasteiger partial charge in [-0.05, 0) is 65.4 Å². The van der Waals surface area contributed by atoms with E-state index in [-0.39, 0.29) is 5.91 Å². The highest BCUT2D eigenvalue weighted by Gasteiger charge is 2.24. The Balaban J connectivity index is 1.70. The number of fused-ring (bicyclic) bond motifs is 1. The van der Waals surface area contributed by atoms with E-state index >= 15 is 0 Å². The van der Waals surface area contributed by atoms with Crippen molar-refractivity contribution in [2.24, 2.45) is 4.99 Å². The SMILES string of the molecule is CCCOc1ccc2ccccc2c1/C=C1\SC(=Nc2ccc(Cl)cc2)NC1=O. The van der Waals surface area contributed by atoms with Crippen LogP contribution in [0.4, 0.5) is 5.69 Å². The smallest absolute Gasteiger partial charge is 0.264 e. The van der Waals surface area contributed by atoms with Crippen LogP contribution in [0.25, 0.3) is 16.8 Å². The highest BCUT2D eigenvalue weighted by molar-refractivity contribution is 8.18. The van der Waals surface area contributed by atoms with Crippen molar-refractivity contribution in [3.63, 3.8) is 0 Å². The Morgan fingerprint density at radius 1 is 1.10 bits per heavy atom. The fraction of sp³-hybridized carbons (Fsp3) is 0.130. The highest BCUT2D eigenvalue weighted by Crippen LogP contribution is 2.34. The molecule has 1 fully saturated rings. The van der Waals surface area contributed by atoms with Crippen molar-refractivity contribution < 1.29 is 9.53 Å². The molecule has 6 heteroatoms. The van der Waals surface area contributed by atoms with Gasteiger partial charge in [0.15, 0.2) is 5.17 Å². The summed E-state index contributed by atoms with van der Waals surface area (Å²) in [5.74, 6) is 0.603. The molecule has 0 bridgehead atoms. The normalized spacial score (nSPS) is 16.6. The summed E-state index contributed by atoms with van der Waals surface area (Å²) in [6.07, 6.45) is 2.80. The van der Waals surface area contributed by atoms with Crippen LogP contribution in [0.15, 0.2) is 70.6 Å². The summed E-state index contributed by atoms with van der Waals surface area (Å²) in [6.45, 7) is 2.69. The van der Waals surface area contributed by atoms with Gasteiger partial charge in [-0.1, -0.05) is 48.9 Å². The number of amides is 1. The summed E-state index contributed by atoms with van der Waals surface area (Å²) in [5.41, 5.74) is 1.64. The second-order valence-corrected chi connectivity index (χ2v) is 7.97. The number of amidine groups is 1. The van der Waals surface area contributed by atoms with Gasteiger partial charge in [-0.3, -0.25) is 4.79 Å². The minimum atomic E-state index is -0.169. The fourth-order valence-electron chi connectivity index (χ4n) is 3.01. The third-order valence-electron chi connectivity index (χ3n) is 4.38. The fourth-order valence-corrected chi connectivity index (χ4v) is 3.96. The molecule has 1 aliphatic rings. The average Bonchev–Trinajstić information content (AvgIpc) is 3.08. The summed E-state index contributed by atoms with van der Waals surface area (Å²) in [5, 5.41) is 6.16. The lowest BCUT2D eigenvalue weighted by atomic mass is 10.0. The lowest BCUT2D eigenvalue weighted by Crippen LogP contribution is -2.19. The Labute approximate surface area is 178 Å². The van der Waals surface area contributed by atoms with Gasteiger partial charge >= 0.3 is 0 Å². The van der Waals surface area contributed by atoms with Crippen molar-refractivity contribution in [1.29, 1.82) is 0 Å². The van der Waals surface area contributed by atoms with Gasteiger partial charge in [-0.2, -0.15) is 0 Å². The Morgan fingerprint density at radius 2 is 1.90 bits per heavy atom. The molecule has 4 rings (SSSR count). The third-order valence-corrected chi connectivity index (χ3v) is 5.54. The van der Waals surface area contributed by atoms with E-state index in [1.807, 2.05) is 48.5 Å². The molecule has 3 aromatic rings.